The minimum absolute atomic E-state index is 0.0180. The van der Waals surface area contributed by atoms with Gasteiger partial charge in [-0.15, -0.1) is 0 Å². The van der Waals surface area contributed by atoms with Crippen LogP contribution in [-0.4, -0.2) is 49.3 Å². The van der Waals surface area contributed by atoms with Crippen LogP contribution in [0.1, 0.15) is 25.7 Å². The molecule has 0 aromatic heterocycles. The van der Waals surface area contributed by atoms with Crippen LogP contribution in [0.3, 0.4) is 0 Å². The third kappa shape index (κ3) is 5.52. The van der Waals surface area contributed by atoms with Gasteiger partial charge in [-0.2, -0.15) is 4.31 Å². The molecule has 0 radical (unpaired) electrons. The number of nitrogens with zero attached hydrogens (tertiary/aromatic N) is 1. The Kier molecular flexibility index (Phi) is 6.97. The van der Waals surface area contributed by atoms with E-state index in [1.54, 1.807) is 24.3 Å². The summed E-state index contributed by atoms with van der Waals surface area (Å²) < 4.78 is 27.4. The molecule has 7 nitrogen and oxygen atoms in total. The van der Waals surface area contributed by atoms with Crippen LogP contribution >= 0.6 is 15.9 Å². The molecule has 0 aliphatic carbocycles. The number of rotatable bonds is 7. The Morgan fingerprint density at radius 2 is 1.80 bits per heavy atom. The topological polar surface area (TPSA) is 104 Å². The Morgan fingerprint density at radius 1 is 1.20 bits per heavy atom. The average molecular weight is 433 g/mol. The number of nitrogens with one attached hydrogen (secondary N) is 1. The molecule has 1 saturated heterocycles. The third-order valence-corrected chi connectivity index (χ3v) is 6.58. The van der Waals surface area contributed by atoms with Crippen molar-refractivity contribution in [2.45, 2.75) is 30.6 Å². The van der Waals surface area contributed by atoms with Crippen molar-refractivity contribution in [3.8, 4) is 0 Å². The van der Waals surface area contributed by atoms with Gasteiger partial charge in [0.05, 0.1) is 4.90 Å². The number of hydrogen-bond acceptors (Lipinski definition) is 4. The zero-order valence-electron chi connectivity index (χ0n) is 13.7. The predicted octanol–water partition coefficient (Wildman–Crippen LogP) is 1.83. The molecule has 1 amide bonds. The molecule has 9 heteroatoms. The van der Waals surface area contributed by atoms with Crippen molar-refractivity contribution < 1.29 is 23.1 Å². The molecule has 25 heavy (non-hydrogen) atoms. The van der Waals surface area contributed by atoms with Gasteiger partial charge < -0.3 is 10.4 Å². The van der Waals surface area contributed by atoms with E-state index in [0.29, 0.717) is 38.9 Å². The monoisotopic (exact) mass is 432 g/mol. The second-order valence-electron chi connectivity index (χ2n) is 5.92. The van der Waals surface area contributed by atoms with E-state index >= 15 is 0 Å². The largest absolute Gasteiger partial charge is 0.481 e. The van der Waals surface area contributed by atoms with Crippen LogP contribution < -0.4 is 5.32 Å². The molecule has 1 heterocycles. The van der Waals surface area contributed by atoms with Gasteiger partial charge in [0, 0.05) is 36.4 Å². The van der Waals surface area contributed by atoms with E-state index in [4.69, 9.17) is 5.11 Å². The number of carboxylic acids is 1. The summed E-state index contributed by atoms with van der Waals surface area (Å²) in [4.78, 5) is 22.8. The van der Waals surface area contributed by atoms with Crippen molar-refractivity contribution in [2.24, 2.45) is 5.92 Å². The highest BCUT2D eigenvalue weighted by atomic mass is 79.9. The Bertz CT molecular complexity index is 713. The van der Waals surface area contributed by atoms with Gasteiger partial charge >= 0.3 is 5.97 Å². The Morgan fingerprint density at radius 3 is 2.36 bits per heavy atom. The number of carbonyl (C=O) groups excluding carboxylic acids is 1. The van der Waals surface area contributed by atoms with Gasteiger partial charge in [-0.3, -0.25) is 9.59 Å². The van der Waals surface area contributed by atoms with Gasteiger partial charge in [-0.25, -0.2) is 8.42 Å². The lowest BCUT2D eigenvalue weighted by atomic mass is 9.97. The number of piperidine rings is 1. The SMILES string of the molecule is O=C(O)CCCNC(=O)C1CCN(S(=O)(=O)c2ccc(Br)cc2)CC1. The molecule has 0 saturated carbocycles. The van der Waals surface area contributed by atoms with Gasteiger partial charge in [-0.05, 0) is 43.5 Å². The van der Waals surface area contributed by atoms with E-state index in [0.717, 1.165) is 4.47 Å². The fraction of sp³-hybridized carbons (Fsp3) is 0.500. The first kappa shape index (κ1) is 19.9. The lowest BCUT2D eigenvalue weighted by molar-refractivity contribution is -0.137. The molecule has 1 aliphatic heterocycles. The van der Waals surface area contributed by atoms with E-state index in [2.05, 4.69) is 21.2 Å². The van der Waals surface area contributed by atoms with Crippen LogP contribution in [0.4, 0.5) is 0 Å². The highest BCUT2D eigenvalue weighted by Gasteiger charge is 2.31. The number of carboxylic acid groups (broad SMARTS) is 1. The van der Waals surface area contributed by atoms with Crippen molar-refractivity contribution in [1.82, 2.24) is 9.62 Å². The van der Waals surface area contributed by atoms with E-state index in [9.17, 15) is 18.0 Å². The molecule has 0 spiro atoms. The maximum absolute atomic E-state index is 12.6. The number of benzene rings is 1. The minimum Gasteiger partial charge on any atom is -0.481 e. The highest BCUT2D eigenvalue weighted by Crippen LogP contribution is 2.24. The molecule has 0 unspecified atom stereocenters. The summed E-state index contributed by atoms with van der Waals surface area (Å²) in [5.74, 6) is -1.26. The maximum Gasteiger partial charge on any atom is 0.303 e. The zero-order chi connectivity index (χ0) is 18.4. The molecule has 2 N–H and O–H groups in total. The fourth-order valence-corrected chi connectivity index (χ4v) is 4.44. The first-order valence-corrected chi connectivity index (χ1v) is 10.3. The minimum atomic E-state index is -3.54. The summed E-state index contributed by atoms with van der Waals surface area (Å²) in [6, 6.07) is 6.48. The van der Waals surface area contributed by atoms with Crippen LogP contribution in [0.2, 0.25) is 0 Å². The summed E-state index contributed by atoms with van der Waals surface area (Å²) >= 11 is 3.28. The number of hydrogen-bond donors (Lipinski definition) is 2. The second kappa shape index (κ2) is 8.77. The van der Waals surface area contributed by atoms with Gasteiger partial charge in [0.2, 0.25) is 15.9 Å². The van der Waals surface area contributed by atoms with Crippen molar-refractivity contribution in [3.63, 3.8) is 0 Å². The Balaban J connectivity index is 1.85. The van der Waals surface area contributed by atoms with Crippen molar-refractivity contribution in [1.29, 1.82) is 0 Å². The van der Waals surface area contributed by atoms with Crippen LogP contribution in [0.5, 0.6) is 0 Å². The van der Waals surface area contributed by atoms with Crippen LogP contribution in [-0.2, 0) is 19.6 Å². The van der Waals surface area contributed by atoms with Crippen molar-refractivity contribution in [2.75, 3.05) is 19.6 Å². The van der Waals surface area contributed by atoms with Crippen LogP contribution in [0, 0.1) is 5.92 Å². The van der Waals surface area contributed by atoms with E-state index in [1.807, 2.05) is 0 Å². The van der Waals surface area contributed by atoms with E-state index in [-0.39, 0.29) is 23.1 Å². The lowest BCUT2D eigenvalue weighted by Crippen LogP contribution is -2.43. The molecule has 1 aromatic carbocycles. The summed E-state index contributed by atoms with van der Waals surface area (Å²) in [5.41, 5.74) is 0. The lowest BCUT2D eigenvalue weighted by Gasteiger charge is -2.30. The molecular weight excluding hydrogens is 412 g/mol. The van der Waals surface area contributed by atoms with E-state index in [1.165, 1.54) is 4.31 Å². The second-order valence-corrected chi connectivity index (χ2v) is 8.77. The molecular formula is C16H21BrN2O5S. The molecule has 0 bridgehead atoms. The quantitative estimate of drug-likeness (QED) is 0.639. The summed E-state index contributed by atoms with van der Waals surface area (Å²) in [6.45, 7) is 0.916. The smallest absolute Gasteiger partial charge is 0.303 e. The first-order valence-electron chi connectivity index (χ1n) is 8.06. The van der Waals surface area contributed by atoms with Gasteiger partial charge in [0.1, 0.15) is 0 Å². The maximum atomic E-state index is 12.6. The summed E-state index contributed by atoms with van der Waals surface area (Å²) in [5, 5.41) is 11.3. The van der Waals surface area contributed by atoms with Crippen molar-refractivity contribution >= 4 is 37.8 Å². The number of aliphatic carboxylic acids is 1. The van der Waals surface area contributed by atoms with Crippen LogP contribution in [0.15, 0.2) is 33.6 Å². The van der Waals surface area contributed by atoms with Gasteiger partial charge in [0.25, 0.3) is 0 Å². The molecule has 1 fully saturated rings. The molecule has 2 rings (SSSR count). The third-order valence-electron chi connectivity index (χ3n) is 4.14. The Hall–Kier alpha value is -1.45. The highest BCUT2D eigenvalue weighted by molar-refractivity contribution is 9.10. The number of amides is 1. The average Bonchev–Trinajstić information content (AvgIpc) is 2.59. The van der Waals surface area contributed by atoms with Gasteiger partial charge in [-0.1, -0.05) is 15.9 Å². The summed E-state index contributed by atoms with van der Waals surface area (Å²) in [7, 11) is -3.54. The predicted molar refractivity (Wildman–Crippen MR) is 95.5 cm³/mol. The normalized spacial score (nSPS) is 16.5. The molecule has 1 aliphatic rings. The molecule has 1 aromatic rings. The standard InChI is InChI=1S/C16H21BrN2O5S/c17-13-3-5-14(6-4-13)25(23,24)19-10-7-12(8-11-19)16(22)18-9-1-2-15(20)21/h3-6,12H,1-2,7-11H2,(H,18,22)(H,20,21). The number of carbonyl (C=O) groups is 2. The van der Waals surface area contributed by atoms with E-state index < -0.39 is 16.0 Å². The summed E-state index contributed by atoms with van der Waals surface area (Å²) in [6.07, 6.45) is 1.32. The number of sulfonamides is 1. The first-order chi connectivity index (χ1) is 11.8. The fourth-order valence-electron chi connectivity index (χ4n) is 2.71. The molecule has 0 atom stereocenters. The molecule has 138 valence electrons. The van der Waals surface area contributed by atoms with Gasteiger partial charge in [0.15, 0.2) is 0 Å². The Labute approximate surface area is 155 Å². The van der Waals surface area contributed by atoms with Crippen LogP contribution in [0.25, 0.3) is 0 Å². The van der Waals surface area contributed by atoms with Crippen molar-refractivity contribution in [3.05, 3.63) is 28.7 Å². The number of halogens is 1. The zero-order valence-corrected chi connectivity index (χ0v) is 16.1.